The zero-order valence-corrected chi connectivity index (χ0v) is 10.7. The van der Waals surface area contributed by atoms with E-state index in [1.54, 1.807) is 11.8 Å². The number of carbonyl (C=O) groups is 1. The van der Waals surface area contributed by atoms with Gasteiger partial charge in [0.2, 0.25) is 0 Å². The van der Waals surface area contributed by atoms with Crippen LogP contribution in [-0.2, 0) is 15.3 Å². The lowest BCUT2D eigenvalue weighted by atomic mass is 10.2. The minimum Gasteiger partial charge on any atom is -0.448 e. The number of hydrogen-bond acceptors (Lipinski definition) is 3. The van der Waals surface area contributed by atoms with E-state index in [2.05, 4.69) is 12.1 Å². The zero-order valence-electron chi connectivity index (χ0n) is 9.86. The average Bonchev–Trinajstić information content (AvgIpc) is 2.45. The van der Waals surface area contributed by atoms with Gasteiger partial charge in [-0.25, -0.2) is 0 Å². The van der Waals surface area contributed by atoms with Crippen molar-refractivity contribution in [2.75, 3.05) is 0 Å². The first-order chi connectivity index (χ1) is 8.90. The molecule has 0 radical (unpaired) electrons. The maximum Gasteiger partial charge on any atom is 0.294 e. The third-order valence-electron chi connectivity index (χ3n) is 2.50. The number of benzene rings is 2. The van der Waals surface area contributed by atoms with Crippen molar-refractivity contribution in [1.29, 1.82) is 0 Å². The Morgan fingerprint density at radius 3 is 2.22 bits per heavy atom. The molecule has 1 unspecified atom stereocenters. The molecule has 0 bridgehead atoms. The van der Waals surface area contributed by atoms with Crippen LogP contribution in [0.3, 0.4) is 0 Å². The van der Waals surface area contributed by atoms with E-state index in [4.69, 9.17) is 4.74 Å². The maximum atomic E-state index is 10.6. The van der Waals surface area contributed by atoms with Gasteiger partial charge in [-0.2, -0.15) is 0 Å². The monoisotopic (exact) mass is 258 g/mol. The first-order valence-electron chi connectivity index (χ1n) is 5.70. The summed E-state index contributed by atoms with van der Waals surface area (Å²) in [5, 5.41) is 0. The maximum absolute atomic E-state index is 10.6. The van der Waals surface area contributed by atoms with Gasteiger partial charge in [0, 0.05) is 11.3 Å². The van der Waals surface area contributed by atoms with Crippen molar-refractivity contribution >= 4 is 18.2 Å². The molecule has 0 aliphatic heterocycles. The molecule has 0 saturated heterocycles. The molecular formula is C15H14O2S. The van der Waals surface area contributed by atoms with Crippen molar-refractivity contribution in [2.24, 2.45) is 0 Å². The summed E-state index contributed by atoms with van der Waals surface area (Å²) in [5.74, 6) is 0.814. The van der Waals surface area contributed by atoms with Crippen LogP contribution >= 0.6 is 11.8 Å². The second-order valence-corrected chi connectivity index (χ2v) is 4.82. The van der Waals surface area contributed by atoms with Crippen LogP contribution in [0.5, 0.6) is 0 Å². The molecule has 0 N–H and O–H groups in total. The Kier molecular flexibility index (Phi) is 4.85. The van der Waals surface area contributed by atoms with Gasteiger partial charge in [0.25, 0.3) is 6.47 Å². The van der Waals surface area contributed by atoms with Crippen LogP contribution in [0.25, 0.3) is 0 Å². The Balaban J connectivity index is 2.01. The molecule has 2 nitrogen and oxygen atoms in total. The highest BCUT2D eigenvalue weighted by Crippen LogP contribution is 2.31. The van der Waals surface area contributed by atoms with E-state index in [0.717, 1.165) is 11.3 Å². The summed E-state index contributed by atoms with van der Waals surface area (Å²) in [7, 11) is 0. The van der Waals surface area contributed by atoms with Gasteiger partial charge >= 0.3 is 0 Å². The predicted molar refractivity (Wildman–Crippen MR) is 74.1 cm³/mol. The molecule has 0 saturated carbocycles. The van der Waals surface area contributed by atoms with E-state index in [1.807, 2.05) is 48.5 Å². The van der Waals surface area contributed by atoms with Gasteiger partial charge in [0.15, 0.2) is 5.44 Å². The Bertz CT molecular complexity index is 470. The van der Waals surface area contributed by atoms with Gasteiger partial charge < -0.3 is 4.74 Å². The largest absolute Gasteiger partial charge is 0.448 e. The van der Waals surface area contributed by atoms with Crippen LogP contribution < -0.4 is 0 Å². The first kappa shape index (κ1) is 12.7. The molecule has 18 heavy (non-hydrogen) atoms. The second kappa shape index (κ2) is 6.87. The van der Waals surface area contributed by atoms with Crippen molar-refractivity contribution < 1.29 is 9.53 Å². The molecule has 2 aromatic carbocycles. The number of ether oxygens (including phenoxy) is 1. The van der Waals surface area contributed by atoms with Gasteiger partial charge in [-0.3, -0.25) is 4.79 Å². The van der Waals surface area contributed by atoms with Gasteiger partial charge in [-0.1, -0.05) is 60.7 Å². The smallest absolute Gasteiger partial charge is 0.294 e. The molecule has 0 heterocycles. The number of hydrogen-bond donors (Lipinski definition) is 0. The standard InChI is InChI=1S/C15H14O2S/c16-12-17-15(14-9-5-2-6-10-14)18-11-13-7-3-1-4-8-13/h1-10,12,15H,11H2. The summed E-state index contributed by atoms with van der Waals surface area (Å²) >= 11 is 1.60. The highest BCUT2D eigenvalue weighted by Gasteiger charge is 2.12. The zero-order chi connectivity index (χ0) is 12.6. The third-order valence-corrected chi connectivity index (χ3v) is 3.68. The van der Waals surface area contributed by atoms with Crippen molar-refractivity contribution in [2.45, 2.75) is 11.2 Å². The number of carbonyl (C=O) groups excluding carboxylic acids is 1. The third kappa shape index (κ3) is 3.64. The van der Waals surface area contributed by atoms with Gasteiger partial charge in [0.05, 0.1) is 0 Å². The summed E-state index contributed by atoms with van der Waals surface area (Å²) in [6.45, 7) is 0.510. The van der Waals surface area contributed by atoms with Crippen LogP contribution in [0, 0.1) is 0 Å². The van der Waals surface area contributed by atoms with Gasteiger partial charge in [-0.05, 0) is 5.56 Å². The lowest BCUT2D eigenvalue weighted by Gasteiger charge is -2.14. The lowest BCUT2D eigenvalue weighted by Crippen LogP contribution is -1.99. The van der Waals surface area contributed by atoms with Crippen LogP contribution in [0.15, 0.2) is 60.7 Å². The van der Waals surface area contributed by atoms with Crippen molar-refractivity contribution in [3.05, 3.63) is 71.8 Å². The molecule has 0 aromatic heterocycles. The molecule has 92 valence electrons. The number of thioether (sulfide) groups is 1. The molecule has 0 aliphatic carbocycles. The summed E-state index contributed by atoms with van der Waals surface area (Å²) < 4.78 is 5.13. The van der Waals surface area contributed by atoms with Crippen LogP contribution in [0.2, 0.25) is 0 Å². The summed E-state index contributed by atoms with van der Waals surface area (Å²) in [5.41, 5.74) is 1.98. The van der Waals surface area contributed by atoms with E-state index < -0.39 is 0 Å². The van der Waals surface area contributed by atoms with Crippen LogP contribution in [0.1, 0.15) is 16.6 Å². The van der Waals surface area contributed by atoms with Crippen LogP contribution in [0.4, 0.5) is 0 Å². The Labute approximate surface area is 111 Å². The van der Waals surface area contributed by atoms with E-state index in [-0.39, 0.29) is 5.44 Å². The minimum absolute atomic E-state index is 0.246. The predicted octanol–water partition coefficient (Wildman–Crippen LogP) is 3.79. The molecule has 0 amide bonds. The molecule has 3 heteroatoms. The fraction of sp³-hybridized carbons (Fsp3) is 0.133. The van der Waals surface area contributed by atoms with Crippen molar-refractivity contribution in [3.8, 4) is 0 Å². The van der Waals surface area contributed by atoms with E-state index in [9.17, 15) is 4.79 Å². The van der Waals surface area contributed by atoms with E-state index in [1.165, 1.54) is 5.56 Å². The molecular weight excluding hydrogens is 244 g/mol. The molecule has 0 spiro atoms. The molecule has 2 aromatic rings. The fourth-order valence-electron chi connectivity index (χ4n) is 1.62. The minimum atomic E-state index is -0.246. The molecule has 2 rings (SSSR count). The summed E-state index contributed by atoms with van der Waals surface area (Å²) in [4.78, 5) is 10.6. The lowest BCUT2D eigenvalue weighted by molar-refractivity contribution is -0.130. The normalized spacial score (nSPS) is 11.8. The van der Waals surface area contributed by atoms with Gasteiger partial charge in [-0.15, -0.1) is 11.8 Å². The Morgan fingerprint density at radius 2 is 1.61 bits per heavy atom. The Morgan fingerprint density at radius 1 is 1.00 bits per heavy atom. The molecule has 0 fully saturated rings. The van der Waals surface area contributed by atoms with Crippen LogP contribution in [-0.4, -0.2) is 6.47 Å². The number of rotatable bonds is 6. The molecule has 0 aliphatic rings. The highest BCUT2D eigenvalue weighted by atomic mass is 32.2. The highest BCUT2D eigenvalue weighted by molar-refractivity contribution is 7.98. The van der Waals surface area contributed by atoms with E-state index >= 15 is 0 Å². The van der Waals surface area contributed by atoms with Gasteiger partial charge in [0.1, 0.15) is 0 Å². The van der Waals surface area contributed by atoms with E-state index in [0.29, 0.717) is 6.47 Å². The molecule has 1 atom stereocenters. The average molecular weight is 258 g/mol. The topological polar surface area (TPSA) is 26.3 Å². The summed E-state index contributed by atoms with van der Waals surface area (Å²) in [6, 6.07) is 19.9. The second-order valence-electron chi connectivity index (χ2n) is 3.77. The van der Waals surface area contributed by atoms with Crippen molar-refractivity contribution in [3.63, 3.8) is 0 Å². The SMILES string of the molecule is O=COC(SCc1ccccc1)c1ccccc1. The first-order valence-corrected chi connectivity index (χ1v) is 6.74. The fourth-order valence-corrected chi connectivity index (χ4v) is 2.63. The van der Waals surface area contributed by atoms with Crippen molar-refractivity contribution in [1.82, 2.24) is 0 Å². The Hall–Kier alpha value is -1.74. The summed E-state index contributed by atoms with van der Waals surface area (Å²) in [6.07, 6.45) is 0. The quantitative estimate of drug-likeness (QED) is 0.582.